The number of hydrogen-bond acceptors (Lipinski definition) is 10. The first kappa shape index (κ1) is 44.4. The van der Waals surface area contributed by atoms with Crippen LogP contribution in [-0.4, -0.2) is 151 Å². The van der Waals surface area contributed by atoms with Crippen molar-refractivity contribution in [1.82, 2.24) is 39.0 Å². The Balaban J connectivity index is 0.000000137. The van der Waals surface area contributed by atoms with E-state index in [1.165, 1.54) is 103 Å². The third kappa shape index (κ3) is 8.56. The van der Waals surface area contributed by atoms with Gasteiger partial charge in [0.1, 0.15) is 19.1 Å². The number of aliphatic carboxylic acids is 1. The molecule has 328 valence electrons. The van der Waals surface area contributed by atoms with Gasteiger partial charge in [0.05, 0.1) is 35.7 Å². The Bertz CT molecular complexity index is 2210. The summed E-state index contributed by atoms with van der Waals surface area (Å²) in [6, 6.07) is 18.3. The van der Waals surface area contributed by atoms with Crippen molar-refractivity contribution in [2.45, 2.75) is 75.9 Å². The van der Waals surface area contributed by atoms with Gasteiger partial charge in [-0.15, -0.1) is 0 Å². The number of piperidine rings is 2. The number of amides is 1. The molecule has 0 aliphatic carbocycles. The van der Waals surface area contributed by atoms with Crippen molar-refractivity contribution in [1.29, 1.82) is 0 Å². The normalized spacial score (nSPS) is 28.1. The van der Waals surface area contributed by atoms with Gasteiger partial charge in [-0.05, 0) is 114 Å². The van der Waals surface area contributed by atoms with Gasteiger partial charge in [0.2, 0.25) is 5.91 Å². The predicted molar refractivity (Wildman–Crippen MR) is 234 cm³/mol. The van der Waals surface area contributed by atoms with Crippen LogP contribution in [0.1, 0.15) is 85.6 Å². The Hall–Kier alpha value is -2.82. The number of likely N-dealkylation sites (N-methyl/N-ethyl adjacent to an activating group) is 2. The van der Waals surface area contributed by atoms with E-state index in [2.05, 4.69) is 96.7 Å². The van der Waals surface area contributed by atoms with Gasteiger partial charge in [-0.3, -0.25) is 14.6 Å². The van der Waals surface area contributed by atoms with Gasteiger partial charge in [-0.2, -0.15) is 0 Å². The van der Waals surface area contributed by atoms with Crippen molar-refractivity contribution in [3.63, 3.8) is 0 Å². The van der Waals surface area contributed by atoms with E-state index < -0.39 is 5.97 Å². The molecule has 0 radical (unpaired) electrons. The van der Waals surface area contributed by atoms with Crippen molar-refractivity contribution in [2.75, 3.05) is 106 Å². The molecule has 13 nitrogen and oxygen atoms in total. The van der Waals surface area contributed by atoms with Gasteiger partial charge in [0, 0.05) is 87.6 Å². The Morgan fingerprint density at radius 2 is 1.13 bits per heavy atom. The van der Waals surface area contributed by atoms with Crippen LogP contribution >= 0.6 is 0 Å². The first-order valence-corrected chi connectivity index (χ1v) is 23.3. The summed E-state index contributed by atoms with van der Waals surface area (Å²) in [5, 5.41) is 16.9. The van der Waals surface area contributed by atoms with Crippen molar-refractivity contribution < 1.29 is 53.7 Å². The maximum Gasteiger partial charge on any atom is 1.00 e. The molecule has 0 saturated carbocycles. The molecule has 8 aliphatic heterocycles. The third-order valence-corrected chi connectivity index (χ3v) is 15.3. The summed E-state index contributed by atoms with van der Waals surface area (Å²) in [5.41, 5.74) is 8.29. The Morgan fingerprint density at radius 3 is 1.61 bits per heavy atom. The topological polar surface area (TPSA) is 114 Å². The summed E-state index contributed by atoms with van der Waals surface area (Å²) in [7, 11) is 4.27. The number of para-hydroxylation sites is 2. The van der Waals surface area contributed by atoms with Crippen molar-refractivity contribution in [3.05, 3.63) is 71.0 Å². The molecule has 2 aromatic carbocycles. The summed E-state index contributed by atoms with van der Waals surface area (Å²) >= 11 is 0. The number of ether oxygens (including phenoxy) is 2. The number of carboxylic acids is 1. The fourth-order valence-electron chi connectivity index (χ4n) is 12.4. The van der Waals surface area contributed by atoms with Gasteiger partial charge in [-0.1, -0.05) is 36.4 Å². The van der Waals surface area contributed by atoms with Crippen LogP contribution in [0.4, 0.5) is 0 Å². The van der Waals surface area contributed by atoms with Crippen molar-refractivity contribution >= 4 is 33.7 Å². The van der Waals surface area contributed by atoms with Gasteiger partial charge in [0.25, 0.3) is 0 Å². The van der Waals surface area contributed by atoms with Crippen LogP contribution in [-0.2, 0) is 31.9 Å². The quantitative estimate of drug-likeness (QED) is 0.280. The van der Waals surface area contributed by atoms with E-state index >= 15 is 0 Å². The summed E-state index contributed by atoms with van der Waals surface area (Å²) in [5.74, 6) is 0.188. The molecule has 12 rings (SSSR count). The van der Waals surface area contributed by atoms with Crippen molar-refractivity contribution in [3.8, 4) is 0 Å². The van der Waals surface area contributed by atoms with Crippen LogP contribution in [0.15, 0.2) is 48.5 Å². The Kier molecular flexibility index (Phi) is 13.8. The second kappa shape index (κ2) is 19.3. The first-order chi connectivity index (χ1) is 29.8. The smallest absolute Gasteiger partial charge is 0.548 e. The molecule has 62 heavy (non-hydrogen) atoms. The van der Waals surface area contributed by atoms with E-state index in [0.29, 0.717) is 23.9 Å². The SMILES string of the molecule is CN1CCN(C(=O)COC2C[C@@H]3CCCN4CCc5c(n2c2ccccc52)[C@@H]34)CC1.CN1CCNCC1.O=C([O-])COC1C[C@@H]2CCCN3CCc4c(n1c1ccccc41)[C@@H]23.[Na+]. The van der Waals surface area contributed by atoms with E-state index in [1.807, 2.05) is 4.90 Å². The number of carbonyl (C=O) groups is 2. The van der Waals surface area contributed by atoms with Gasteiger partial charge >= 0.3 is 29.6 Å². The molecule has 1 amide bonds. The van der Waals surface area contributed by atoms with Gasteiger partial charge in [-0.25, -0.2) is 0 Å². The molecule has 10 heterocycles. The minimum absolute atomic E-state index is 0. The van der Waals surface area contributed by atoms with Crippen LogP contribution in [0.5, 0.6) is 0 Å². The number of carboxylic acid groups (broad SMARTS) is 1. The van der Waals surface area contributed by atoms with E-state index in [4.69, 9.17) is 9.47 Å². The first-order valence-electron chi connectivity index (χ1n) is 23.3. The minimum Gasteiger partial charge on any atom is -0.548 e. The van der Waals surface area contributed by atoms with Crippen LogP contribution in [0.25, 0.3) is 21.8 Å². The van der Waals surface area contributed by atoms with E-state index in [-0.39, 0.29) is 61.1 Å². The number of hydrogen-bond donors (Lipinski definition) is 1. The van der Waals surface area contributed by atoms with Crippen LogP contribution in [0.2, 0.25) is 0 Å². The number of nitrogens with zero attached hydrogens (tertiary/aromatic N) is 7. The fraction of sp³-hybridized carbons (Fsp3) is 0.625. The zero-order chi connectivity index (χ0) is 41.6. The summed E-state index contributed by atoms with van der Waals surface area (Å²) in [6.07, 6.45) is 8.85. The van der Waals surface area contributed by atoms with Gasteiger partial charge < -0.3 is 48.5 Å². The van der Waals surface area contributed by atoms with Gasteiger partial charge in [0.15, 0.2) is 0 Å². The number of aromatic nitrogens is 2. The molecule has 14 heteroatoms. The number of nitrogens with one attached hydrogen (secondary N) is 1. The average Bonchev–Trinajstić information content (AvgIpc) is 3.82. The molecular formula is C48H65N8NaO5. The zero-order valence-corrected chi connectivity index (χ0v) is 39.3. The Morgan fingerprint density at radius 1 is 0.645 bits per heavy atom. The molecule has 8 aliphatic rings. The number of fused-ring (bicyclic) bond motifs is 6. The summed E-state index contributed by atoms with van der Waals surface area (Å²) in [6.45, 7) is 12.8. The second-order valence-corrected chi connectivity index (χ2v) is 18.9. The summed E-state index contributed by atoms with van der Waals surface area (Å²) < 4.78 is 16.9. The molecule has 0 spiro atoms. The van der Waals surface area contributed by atoms with Crippen LogP contribution in [0.3, 0.4) is 0 Å². The molecule has 1 N–H and O–H groups in total. The standard InChI is InChI=1S/C24H32N4O2.C19H22N2O3.C5H12N2.Na/c1-25-11-13-26(14-12-25)21(29)16-30-22-15-17-5-4-9-27-10-8-19-18-6-2-3-7-20(18)28(22)24(19)23(17)27;22-17(23)11-24-16-10-12-4-3-8-20-9-7-14-13-5-1-2-6-15(13)21(16)19(14)18(12)20;1-7-4-2-6-3-5-7;/h2-3,6-7,17,22-23H,4-5,8-16H2,1H3;1-2,5-6,12,16,18H,3-4,7-11H2,(H,22,23);6H,2-5H2,1H3;/q;;;+1/p-1/t17-,22?,23+;12-,16?,18+;;/m00../s1. The molecule has 0 bridgehead atoms. The predicted octanol–water partition coefficient (Wildman–Crippen LogP) is 0.788. The molecule has 2 aromatic heterocycles. The largest absolute Gasteiger partial charge is 1.00 e. The van der Waals surface area contributed by atoms with Crippen LogP contribution in [0, 0.1) is 11.8 Å². The maximum absolute atomic E-state index is 12.8. The van der Waals surface area contributed by atoms with E-state index in [9.17, 15) is 14.7 Å². The van der Waals surface area contributed by atoms with E-state index in [0.717, 1.165) is 71.5 Å². The zero-order valence-electron chi connectivity index (χ0n) is 37.3. The average molecular weight is 857 g/mol. The fourth-order valence-corrected chi connectivity index (χ4v) is 12.4. The van der Waals surface area contributed by atoms with Crippen molar-refractivity contribution in [2.24, 2.45) is 11.8 Å². The second-order valence-electron chi connectivity index (χ2n) is 18.9. The number of piperazine rings is 2. The Labute approximate surface area is 388 Å². The number of benzene rings is 2. The molecule has 6 atom stereocenters. The summed E-state index contributed by atoms with van der Waals surface area (Å²) in [4.78, 5) is 35.7. The molecular weight excluding hydrogens is 792 g/mol. The molecule has 4 saturated heterocycles. The third-order valence-electron chi connectivity index (χ3n) is 15.3. The monoisotopic (exact) mass is 856 g/mol. The molecule has 2 unspecified atom stereocenters. The number of carbonyl (C=O) groups excluding carboxylic acids is 2. The van der Waals surface area contributed by atoms with Crippen LogP contribution < -0.4 is 40.0 Å². The molecule has 4 fully saturated rings. The van der Waals surface area contributed by atoms with E-state index in [1.54, 1.807) is 0 Å². The maximum atomic E-state index is 12.8. The number of rotatable bonds is 6. The minimum atomic E-state index is -1.15. The molecule has 4 aromatic rings.